The lowest BCUT2D eigenvalue weighted by atomic mass is 9.86. The van der Waals surface area contributed by atoms with Crippen molar-refractivity contribution in [1.29, 1.82) is 0 Å². The number of hydrogen-bond donors (Lipinski definition) is 4. The number of carboxylic acid groups (broad SMARTS) is 1. The topological polar surface area (TPSA) is 131 Å². The molecule has 1 fully saturated rings. The smallest absolute Gasteiger partial charge is 0.333 e. The molecule has 0 aliphatic carbocycles. The van der Waals surface area contributed by atoms with Gasteiger partial charge < -0.3 is 30.7 Å². The fourth-order valence-corrected chi connectivity index (χ4v) is 2.50. The number of carboxylic acids is 1. The van der Waals surface area contributed by atoms with E-state index in [4.69, 9.17) is 20.3 Å². The number of aliphatic hydroxyl groups excluding tert-OH is 1. The number of amides is 1. The van der Waals surface area contributed by atoms with Crippen molar-refractivity contribution < 1.29 is 33.7 Å². The molecule has 1 amide bonds. The number of carbonyl (C=O) groups is 2. The maximum absolute atomic E-state index is 12.6. The Morgan fingerprint density at radius 1 is 1.28 bits per heavy atom. The Hall–Kier alpha value is -2.07. The third-order valence-corrected chi connectivity index (χ3v) is 4.25. The quantitative estimate of drug-likeness (QED) is 0.553. The van der Waals surface area contributed by atoms with E-state index in [0.29, 0.717) is 6.61 Å². The first-order chi connectivity index (χ1) is 13.4. The van der Waals surface area contributed by atoms with Crippen LogP contribution in [0.5, 0.6) is 0 Å². The van der Waals surface area contributed by atoms with E-state index in [1.165, 1.54) is 12.1 Å². The van der Waals surface area contributed by atoms with Crippen molar-refractivity contribution in [3.63, 3.8) is 0 Å². The molecule has 2 rings (SSSR count). The molecule has 29 heavy (non-hydrogen) atoms. The minimum Gasteiger partial charge on any atom is -0.479 e. The van der Waals surface area contributed by atoms with Crippen molar-refractivity contribution in [1.82, 2.24) is 5.32 Å². The molecule has 5 N–H and O–H groups in total. The lowest BCUT2D eigenvalue weighted by Crippen LogP contribution is -2.53. The predicted molar refractivity (Wildman–Crippen MR) is 104 cm³/mol. The van der Waals surface area contributed by atoms with Crippen LogP contribution in [0.4, 0.5) is 4.39 Å². The highest BCUT2D eigenvalue weighted by Crippen LogP contribution is 2.34. The molecule has 0 bridgehead atoms. The summed E-state index contributed by atoms with van der Waals surface area (Å²) < 4.78 is 23.3. The van der Waals surface area contributed by atoms with Crippen molar-refractivity contribution in [3.05, 3.63) is 35.6 Å². The number of ether oxygens (including phenoxy) is 2. The number of halogens is 1. The SMILES string of the molecule is CC1(C)OCC(C)(C)[C@H](C(=O)O)O1.NCCC(O)C(=O)NCc1ccc(F)cc1. The first kappa shape index (κ1) is 25.0. The number of aliphatic hydroxyl groups is 1. The van der Waals surface area contributed by atoms with Gasteiger partial charge in [0.1, 0.15) is 11.9 Å². The standard InChI is InChI=1S/C11H15FN2O2.C9H16O4/c12-9-3-1-8(2-4-9)7-14-11(16)10(15)5-6-13;1-8(2)5-12-9(3,4)13-6(8)7(10)11/h1-4,10,15H,5-7,13H2,(H,14,16);6H,5H2,1-4H3,(H,10,11)/t;6-/m.0/s1. The zero-order chi connectivity index (χ0) is 22.2. The second kappa shape index (κ2) is 10.6. The number of hydrogen-bond acceptors (Lipinski definition) is 6. The number of aliphatic carboxylic acids is 1. The van der Waals surface area contributed by atoms with Crippen molar-refractivity contribution in [2.45, 2.75) is 58.7 Å². The van der Waals surface area contributed by atoms with Gasteiger partial charge in [-0.15, -0.1) is 0 Å². The van der Waals surface area contributed by atoms with Crippen LogP contribution < -0.4 is 11.1 Å². The molecular weight excluding hydrogens is 383 g/mol. The molecule has 1 saturated heterocycles. The maximum atomic E-state index is 12.6. The third kappa shape index (κ3) is 8.45. The van der Waals surface area contributed by atoms with Crippen LogP contribution in [-0.4, -0.2) is 53.2 Å². The summed E-state index contributed by atoms with van der Waals surface area (Å²) in [7, 11) is 0. The monoisotopic (exact) mass is 414 g/mol. The summed E-state index contributed by atoms with van der Waals surface area (Å²) in [4.78, 5) is 22.2. The van der Waals surface area contributed by atoms with Crippen LogP contribution in [0.25, 0.3) is 0 Å². The summed E-state index contributed by atoms with van der Waals surface area (Å²) in [5, 5.41) is 20.7. The minimum atomic E-state index is -1.08. The van der Waals surface area contributed by atoms with Crippen LogP contribution in [-0.2, 0) is 25.6 Å². The van der Waals surface area contributed by atoms with E-state index < -0.39 is 35.3 Å². The molecule has 164 valence electrons. The van der Waals surface area contributed by atoms with E-state index in [2.05, 4.69) is 5.32 Å². The number of carbonyl (C=O) groups excluding carboxylic acids is 1. The first-order valence-corrected chi connectivity index (χ1v) is 9.33. The highest BCUT2D eigenvalue weighted by Gasteiger charge is 2.45. The average molecular weight is 414 g/mol. The van der Waals surface area contributed by atoms with E-state index in [1.807, 2.05) is 13.8 Å². The second-order valence-corrected chi connectivity index (χ2v) is 7.95. The zero-order valence-electron chi connectivity index (χ0n) is 17.3. The van der Waals surface area contributed by atoms with Gasteiger partial charge in [0.05, 0.1) is 6.61 Å². The summed E-state index contributed by atoms with van der Waals surface area (Å²) in [6.07, 6.45) is -1.64. The molecule has 1 aromatic rings. The molecule has 1 aromatic carbocycles. The van der Waals surface area contributed by atoms with Crippen LogP contribution in [0.15, 0.2) is 24.3 Å². The predicted octanol–water partition coefficient (Wildman–Crippen LogP) is 1.40. The molecule has 1 aliphatic rings. The van der Waals surface area contributed by atoms with Crippen LogP contribution in [0, 0.1) is 11.2 Å². The van der Waals surface area contributed by atoms with Gasteiger partial charge in [0.2, 0.25) is 5.91 Å². The molecule has 1 unspecified atom stereocenters. The molecule has 1 aliphatic heterocycles. The lowest BCUT2D eigenvalue weighted by molar-refractivity contribution is -0.307. The van der Waals surface area contributed by atoms with Gasteiger partial charge in [-0.2, -0.15) is 0 Å². The molecule has 0 radical (unpaired) electrons. The van der Waals surface area contributed by atoms with Crippen molar-refractivity contribution in [2.24, 2.45) is 11.1 Å². The van der Waals surface area contributed by atoms with E-state index in [1.54, 1.807) is 26.0 Å². The Morgan fingerprint density at radius 2 is 1.86 bits per heavy atom. The Kier molecular flexibility index (Phi) is 9.15. The highest BCUT2D eigenvalue weighted by molar-refractivity contribution is 5.80. The number of nitrogens with one attached hydrogen (secondary N) is 1. The fraction of sp³-hybridized carbons (Fsp3) is 0.600. The summed E-state index contributed by atoms with van der Waals surface area (Å²) in [6.45, 7) is 8.00. The highest BCUT2D eigenvalue weighted by atomic mass is 19.1. The molecule has 9 heteroatoms. The Balaban J connectivity index is 0.000000296. The summed E-state index contributed by atoms with van der Waals surface area (Å²) in [5.41, 5.74) is 5.51. The Bertz CT molecular complexity index is 678. The van der Waals surface area contributed by atoms with E-state index in [-0.39, 0.29) is 25.3 Å². The number of nitrogens with two attached hydrogens (primary N) is 1. The van der Waals surface area contributed by atoms with Gasteiger partial charge in [-0.3, -0.25) is 4.79 Å². The lowest BCUT2D eigenvalue weighted by Gasteiger charge is -2.43. The summed E-state index contributed by atoms with van der Waals surface area (Å²) >= 11 is 0. The molecule has 1 heterocycles. The largest absolute Gasteiger partial charge is 0.479 e. The maximum Gasteiger partial charge on any atom is 0.333 e. The van der Waals surface area contributed by atoms with Crippen LogP contribution in [0.1, 0.15) is 39.7 Å². The minimum absolute atomic E-state index is 0.231. The van der Waals surface area contributed by atoms with Gasteiger partial charge in [-0.25, -0.2) is 9.18 Å². The molecule has 0 aromatic heterocycles. The molecule has 0 saturated carbocycles. The van der Waals surface area contributed by atoms with Gasteiger partial charge in [0.15, 0.2) is 11.9 Å². The van der Waals surface area contributed by atoms with Crippen molar-refractivity contribution in [2.75, 3.05) is 13.2 Å². The zero-order valence-corrected chi connectivity index (χ0v) is 17.3. The van der Waals surface area contributed by atoms with Crippen LogP contribution in [0.3, 0.4) is 0 Å². The van der Waals surface area contributed by atoms with Crippen LogP contribution in [0.2, 0.25) is 0 Å². The molecular formula is C20H31FN2O6. The summed E-state index contributed by atoms with van der Waals surface area (Å²) in [6, 6.07) is 5.78. The normalized spacial score (nSPS) is 20.7. The third-order valence-electron chi connectivity index (χ3n) is 4.25. The van der Waals surface area contributed by atoms with Gasteiger partial charge in [-0.1, -0.05) is 26.0 Å². The van der Waals surface area contributed by atoms with E-state index in [0.717, 1.165) is 5.56 Å². The molecule has 2 atom stereocenters. The number of benzene rings is 1. The second-order valence-electron chi connectivity index (χ2n) is 7.95. The van der Waals surface area contributed by atoms with Gasteiger partial charge in [0, 0.05) is 12.0 Å². The van der Waals surface area contributed by atoms with Gasteiger partial charge in [0.25, 0.3) is 0 Å². The Labute approximate surface area is 170 Å². The number of rotatable bonds is 6. The first-order valence-electron chi connectivity index (χ1n) is 9.33. The van der Waals surface area contributed by atoms with E-state index in [9.17, 15) is 19.1 Å². The van der Waals surface area contributed by atoms with Crippen molar-refractivity contribution in [3.8, 4) is 0 Å². The van der Waals surface area contributed by atoms with Crippen molar-refractivity contribution >= 4 is 11.9 Å². The average Bonchev–Trinajstić information content (AvgIpc) is 2.64. The molecule has 8 nitrogen and oxygen atoms in total. The van der Waals surface area contributed by atoms with Crippen LogP contribution >= 0.6 is 0 Å². The summed E-state index contributed by atoms with van der Waals surface area (Å²) in [5.74, 6) is -2.51. The van der Waals surface area contributed by atoms with Gasteiger partial charge in [-0.05, 0) is 44.5 Å². The van der Waals surface area contributed by atoms with E-state index >= 15 is 0 Å². The fourth-order valence-electron chi connectivity index (χ4n) is 2.50. The van der Waals surface area contributed by atoms with Gasteiger partial charge >= 0.3 is 5.97 Å². The molecule has 0 spiro atoms. The Morgan fingerprint density at radius 3 is 2.34 bits per heavy atom.